The van der Waals surface area contributed by atoms with Gasteiger partial charge in [0, 0.05) is 0 Å². The molecule has 0 fully saturated rings. The van der Waals surface area contributed by atoms with Gasteiger partial charge in [0.1, 0.15) is 0 Å². The van der Waals surface area contributed by atoms with Gasteiger partial charge in [0.2, 0.25) is 0 Å². The van der Waals surface area contributed by atoms with Gasteiger partial charge in [-0.1, -0.05) is 80.8 Å². The lowest BCUT2D eigenvalue weighted by molar-refractivity contribution is 0.618. The van der Waals surface area contributed by atoms with Crippen LogP contribution in [0.3, 0.4) is 0 Å². The molecule has 0 saturated heterocycles. The SMILES string of the molecule is CC/C=C/CCCCCCCc1cccc2ccccc12. The van der Waals surface area contributed by atoms with Crippen LogP contribution >= 0.6 is 0 Å². The number of fused-ring (bicyclic) bond motifs is 1. The Kier molecular flexibility index (Phi) is 7.07. The molecular weight excluding hydrogens is 252 g/mol. The van der Waals surface area contributed by atoms with Gasteiger partial charge in [-0.05, 0) is 48.4 Å². The first-order chi connectivity index (χ1) is 10.4. The molecule has 112 valence electrons. The molecule has 0 N–H and O–H groups in total. The maximum Gasteiger partial charge on any atom is -0.0152 e. The second-order valence-corrected chi connectivity index (χ2v) is 5.82. The summed E-state index contributed by atoms with van der Waals surface area (Å²) >= 11 is 0. The lowest BCUT2D eigenvalue weighted by Gasteiger charge is -2.06. The molecule has 2 rings (SSSR count). The Morgan fingerprint density at radius 1 is 0.762 bits per heavy atom. The van der Waals surface area contributed by atoms with Gasteiger partial charge < -0.3 is 0 Å². The summed E-state index contributed by atoms with van der Waals surface area (Å²) in [5, 5.41) is 2.81. The van der Waals surface area contributed by atoms with E-state index in [4.69, 9.17) is 0 Å². The molecule has 0 saturated carbocycles. The Labute approximate surface area is 129 Å². The van der Waals surface area contributed by atoms with Crippen LogP contribution in [0.2, 0.25) is 0 Å². The van der Waals surface area contributed by atoms with E-state index in [0.717, 1.165) is 0 Å². The zero-order chi connectivity index (χ0) is 14.8. The number of hydrogen-bond acceptors (Lipinski definition) is 0. The third-order valence-electron chi connectivity index (χ3n) is 4.10. The largest absolute Gasteiger partial charge is 0.0888 e. The second kappa shape index (κ2) is 9.39. The summed E-state index contributed by atoms with van der Waals surface area (Å²) in [5.41, 5.74) is 1.51. The maximum absolute atomic E-state index is 2.33. The second-order valence-electron chi connectivity index (χ2n) is 5.82. The highest BCUT2D eigenvalue weighted by molar-refractivity contribution is 5.85. The van der Waals surface area contributed by atoms with Gasteiger partial charge in [-0.3, -0.25) is 0 Å². The van der Waals surface area contributed by atoms with Crippen LogP contribution in [0.4, 0.5) is 0 Å². The van der Waals surface area contributed by atoms with Gasteiger partial charge in [-0.25, -0.2) is 0 Å². The van der Waals surface area contributed by atoms with Crippen molar-refractivity contribution in [1.29, 1.82) is 0 Å². The van der Waals surface area contributed by atoms with Crippen molar-refractivity contribution in [3.8, 4) is 0 Å². The normalized spacial score (nSPS) is 11.5. The summed E-state index contributed by atoms with van der Waals surface area (Å²) in [6.45, 7) is 2.20. The summed E-state index contributed by atoms with van der Waals surface area (Å²) in [5.74, 6) is 0. The first-order valence-corrected chi connectivity index (χ1v) is 8.53. The van der Waals surface area contributed by atoms with Crippen LogP contribution < -0.4 is 0 Å². The Hall–Kier alpha value is -1.56. The maximum atomic E-state index is 2.33. The summed E-state index contributed by atoms with van der Waals surface area (Å²) in [6.07, 6.45) is 15.1. The van der Waals surface area contributed by atoms with Gasteiger partial charge in [0.05, 0.1) is 0 Å². The van der Waals surface area contributed by atoms with Crippen molar-refractivity contribution in [2.24, 2.45) is 0 Å². The van der Waals surface area contributed by atoms with Crippen molar-refractivity contribution in [1.82, 2.24) is 0 Å². The number of hydrogen-bond donors (Lipinski definition) is 0. The summed E-state index contributed by atoms with van der Waals surface area (Å²) < 4.78 is 0. The van der Waals surface area contributed by atoms with Gasteiger partial charge >= 0.3 is 0 Å². The predicted molar refractivity (Wildman–Crippen MR) is 94.8 cm³/mol. The van der Waals surface area contributed by atoms with E-state index in [1.165, 1.54) is 67.7 Å². The molecule has 2 aromatic rings. The predicted octanol–water partition coefficient (Wildman–Crippen LogP) is 6.69. The van der Waals surface area contributed by atoms with Crippen LogP contribution in [0, 0.1) is 0 Å². The van der Waals surface area contributed by atoms with Gasteiger partial charge in [0.15, 0.2) is 0 Å². The minimum atomic E-state index is 1.17. The Morgan fingerprint density at radius 2 is 1.52 bits per heavy atom. The van der Waals surface area contributed by atoms with Crippen molar-refractivity contribution in [3.05, 3.63) is 60.2 Å². The van der Waals surface area contributed by atoms with E-state index in [1.54, 1.807) is 0 Å². The third-order valence-corrected chi connectivity index (χ3v) is 4.10. The van der Waals surface area contributed by atoms with E-state index in [9.17, 15) is 0 Å². The van der Waals surface area contributed by atoms with Crippen molar-refractivity contribution in [3.63, 3.8) is 0 Å². The minimum Gasteiger partial charge on any atom is -0.0888 e. The molecule has 0 nitrogen and oxygen atoms in total. The van der Waals surface area contributed by atoms with Crippen LogP contribution in [0.1, 0.15) is 57.4 Å². The first kappa shape index (κ1) is 15.8. The van der Waals surface area contributed by atoms with E-state index >= 15 is 0 Å². The lowest BCUT2D eigenvalue weighted by Crippen LogP contribution is -1.88. The molecule has 0 aliphatic rings. The van der Waals surface area contributed by atoms with Crippen LogP contribution in [0.5, 0.6) is 0 Å². The molecule has 0 bridgehead atoms. The molecule has 0 aliphatic heterocycles. The van der Waals surface area contributed by atoms with E-state index in [-0.39, 0.29) is 0 Å². The third kappa shape index (κ3) is 5.38. The highest BCUT2D eigenvalue weighted by Gasteiger charge is 1.99. The Morgan fingerprint density at radius 3 is 2.43 bits per heavy atom. The van der Waals surface area contributed by atoms with Crippen molar-refractivity contribution in [2.75, 3.05) is 0 Å². The Balaban J connectivity index is 1.67. The summed E-state index contributed by atoms with van der Waals surface area (Å²) in [6, 6.07) is 15.4. The molecule has 0 heterocycles. The average molecular weight is 280 g/mol. The van der Waals surface area contributed by atoms with E-state index in [0.29, 0.717) is 0 Å². The van der Waals surface area contributed by atoms with Crippen molar-refractivity contribution < 1.29 is 0 Å². The summed E-state index contributed by atoms with van der Waals surface area (Å²) in [7, 11) is 0. The standard InChI is InChI=1S/C21H28/c1-2-3-4-5-6-7-8-9-10-14-19-16-13-17-20-15-11-12-18-21(19)20/h3-4,11-13,15-18H,2,5-10,14H2,1H3/b4-3+. The molecule has 0 heteroatoms. The zero-order valence-corrected chi connectivity index (χ0v) is 13.4. The quantitative estimate of drug-likeness (QED) is 0.354. The average Bonchev–Trinajstić information content (AvgIpc) is 2.53. The van der Waals surface area contributed by atoms with Gasteiger partial charge in [-0.2, -0.15) is 0 Å². The molecule has 0 aromatic heterocycles. The van der Waals surface area contributed by atoms with Gasteiger partial charge in [-0.15, -0.1) is 0 Å². The van der Waals surface area contributed by atoms with Crippen molar-refractivity contribution in [2.45, 2.75) is 58.3 Å². The zero-order valence-electron chi connectivity index (χ0n) is 13.4. The minimum absolute atomic E-state index is 1.17. The molecule has 0 aliphatic carbocycles. The topological polar surface area (TPSA) is 0 Å². The molecular formula is C21H28. The highest BCUT2D eigenvalue weighted by atomic mass is 14.0. The fraction of sp³-hybridized carbons (Fsp3) is 0.429. The monoisotopic (exact) mass is 280 g/mol. The van der Waals surface area contributed by atoms with E-state index in [2.05, 4.69) is 61.5 Å². The summed E-state index contributed by atoms with van der Waals surface area (Å²) in [4.78, 5) is 0. The molecule has 0 radical (unpaired) electrons. The fourth-order valence-corrected chi connectivity index (χ4v) is 2.90. The number of benzene rings is 2. The Bertz CT molecular complexity index is 545. The number of aryl methyl sites for hydroxylation is 1. The number of rotatable bonds is 9. The van der Waals surface area contributed by atoms with Crippen LogP contribution in [0.25, 0.3) is 10.8 Å². The molecule has 2 aromatic carbocycles. The molecule has 0 spiro atoms. The number of unbranched alkanes of at least 4 members (excludes halogenated alkanes) is 5. The molecule has 0 amide bonds. The highest BCUT2D eigenvalue weighted by Crippen LogP contribution is 2.20. The van der Waals surface area contributed by atoms with Crippen molar-refractivity contribution >= 4 is 10.8 Å². The fourth-order valence-electron chi connectivity index (χ4n) is 2.90. The van der Waals surface area contributed by atoms with Crippen LogP contribution in [0.15, 0.2) is 54.6 Å². The molecule has 21 heavy (non-hydrogen) atoms. The van der Waals surface area contributed by atoms with Crippen LogP contribution in [-0.2, 0) is 6.42 Å². The van der Waals surface area contributed by atoms with Crippen LogP contribution in [-0.4, -0.2) is 0 Å². The molecule has 0 atom stereocenters. The lowest BCUT2D eigenvalue weighted by atomic mass is 9.99. The first-order valence-electron chi connectivity index (χ1n) is 8.53. The molecule has 0 unspecified atom stereocenters. The van der Waals surface area contributed by atoms with Gasteiger partial charge in [0.25, 0.3) is 0 Å². The van der Waals surface area contributed by atoms with E-state index < -0.39 is 0 Å². The van der Waals surface area contributed by atoms with E-state index in [1.807, 2.05) is 0 Å². The number of allylic oxidation sites excluding steroid dienone is 2. The smallest absolute Gasteiger partial charge is 0.0152 e.